The van der Waals surface area contributed by atoms with E-state index in [0.29, 0.717) is 38.8 Å². The van der Waals surface area contributed by atoms with Crippen LogP contribution in [0.2, 0.25) is 0 Å². The monoisotopic (exact) mass is 349 g/mol. The fourth-order valence-electron chi connectivity index (χ4n) is 3.17. The molecule has 5 heteroatoms. The predicted octanol–water partition coefficient (Wildman–Crippen LogP) is 2.67. The molecule has 1 aromatic carbocycles. The largest absolute Gasteiger partial charge is 0.384 e. The highest BCUT2D eigenvalue weighted by Gasteiger charge is 2.22. The molecule has 0 spiro atoms. The minimum Gasteiger partial charge on any atom is -0.384 e. The van der Waals surface area contributed by atoms with Gasteiger partial charge in [0.15, 0.2) is 0 Å². The van der Waals surface area contributed by atoms with Gasteiger partial charge in [0.2, 0.25) is 5.91 Å². The van der Waals surface area contributed by atoms with Gasteiger partial charge in [0.05, 0.1) is 32.8 Å². The van der Waals surface area contributed by atoms with E-state index in [1.165, 1.54) is 11.1 Å². The van der Waals surface area contributed by atoms with Gasteiger partial charge in [-0.25, -0.2) is 0 Å². The lowest BCUT2D eigenvalue weighted by atomic mass is 9.90. The number of carbonyl (C=O) groups is 1. The molecule has 1 fully saturated rings. The zero-order valence-electron chi connectivity index (χ0n) is 15.5. The first-order valence-electron chi connectivity index (χ1n) is 9.14. The van der Waals surface area contributed by atoms with Crippen LogP contribution in [0, 0.1) is 5.92 Å². The number of rotatable bonds is 10. The van der Waals surface area contributed by atoms with Crippen LogP contribution in [0.5, 0.6) is 0 Å². The highest BCUT2D eigenvalue weighted by molar-refractivity contribution is 5.76. The zero-order valence-corrected chi connectivity index (χ0v) is 15.5. The molecule has 140 valence electrons. The maximum atomic E-state index is 12.0. The molecular formula is C20H31NO4. The number of nitrogens with zero attached hydrogens (tertiary/aromatic N) is 1. The second-order valence-corrected chi connectivity index (χ2v) is 6.63. The molecule has 1 amide bonds. The molecule has 0 N–H and O–H groups in total. The number of piperidine rings is 1. The summed E-state index contributed by atoms with van der Waals surface area (Å²) in [6.07, 6.45) is 3.75. The van der Waals surface area contributed by atoms with Gasteiger partial charge >= 0.3 is 0 Å². The summed E-state index contributed by atoms with van der Waals surface area (Å²) in [5.74, 6) is 0.883. The van der Waals surface area contributed by atoms with Gasteiger partial charge in [-0.15, -0.1) is 0 Å². The first-order valence-corrected chi connectivity index (χ1v) is 9.14. The van der Waals surface area contributed by atoms with Crippen molar-refractivity contribution in [3.63, 3.8) is 0 Å². The van der Waals surface area contributed by atoms with E-state index in [1.54, 1.807) is 14.2 Å². The second kappa shape index (κ2) is 11.2. The lowest BCUT2D eigenvalue weighted by molar-refractivity contribution is -0.133. The van der Waals surface area contributed by atoms with Crippen LogP contribution >= 0.6 is 0 Å². The van der Waals surface area contributed by atoms with Crippen LogP contribution in [0.1, 0.15) is 30.4 Å². The molecule has 0 aliphatic carbocycles. The minimum atomic E-state index is 0.220. The van der Waals surface area contributed by atoms with E-state index in [0.717, 1.165) is 32.4 Å². The Bertz CT molecular complexity index is 495. The van der Waals surface area contributed by atoms with Crippen LogP contribution in [0.3, 0.4) is 0 Å². The molecule has 0 bridgehead atoms. The van der Waals surface area contributed by atoms with Crippen LogP contribution in [0.25, 0.3) is 0 Å². The van der Waals surface area contributed by atoms with Crippen molar-refractivity contribution in [3.05, 3.63) is 35.4 Å². The van der Waals surface area contributed by atoms with Crippen LogP contribution in [-0.2, 0) is 32.0 Å². The summed E-state index contributed by atoms with van der Waals surface area (Å²) in [6, 6.07) is 8.69. The van der Waals surface area contributed by atoms with E-state index in [2.05, 4.69) is 24.3 Å². The average molecular weight is 349 g/mol. The summed E-state index contributed by atoms with van der Waals surface area (Å²) in [6.45, 7) is 4.15. The Kier molecular flexibility index (Phi) is 8.94. The average Bonchev–Trinajstić information content (AvgIpc) is 2.65. The van der Waals surface area contributed by atoms with E-state index >= 15 is 0 Å². The summed E-state index contributed by atoms with van der Waals surface area (Å²) in [4.78, 5) is 14.0. The number of hydrogen-bond donors (Lipinski definition) is 0. The SMILES string of the molecule is COCCOCc1ccc(CC2CCN(C(=O)CCOC)CC2)cc1. The van der Waals surface area contributed by atoms with Gasteiger partial charge in [0.25, 0.3) is 0 Å². The Morgan fingerprint density at radius 3 is 2.28 bits per heavy atom. The van der Waals surface area contributed by atoms with Gasteiger partial charge in [-0.1, -0.05) is 24.3 Å². The maximum Gasteiger partial charge on any atom is 0.224 e. The molecule has 1 heterocycles. The minimum absolute atomic E-state index is 0.220. The van der Waals surface area contributed by atoms with E-state index in [4.69, 9.17) is 14.2 Å². The first-order chi connectivity index (χ1) is 12.2. The summed E-state index contributed by atoms with van der Waals surface area (Å²) >= 11 is 0. The topological polar surface area (TPSA) is 48.0 Å². The van der Waals surface area contributed by atoms with Crippen molar-refractivity contribution in [1.29, 1.82) is 0 Å². The highest BCUT2D eigenvalue weighted by atomic mass is 16.5. The van der Waals surface area contributed by atoms with Crippen LogP contribution in [-0.4, -0.2) is 57.9 Å². The molecule has 0 atom stereocenters. The molecule has 0 unspecified atom stereocenters. The third-order valence-corrected chi connectivity index (χ3v) is 4.74. The number of amides is 1. The van der Waals surface area contributed by atoms with Gasteiger partial charge < -0.3 is 19.1 Å². The Morgan fingerprint density at radius 2 is 1.64 bits per heavy atom. The van der Waals surface area contributed by atoms with E-state index in [9.17, 15) is 4.79 Å². The molecule has 1 aromatic rings. The standard InChI is InChI=1S/C20H31NO4/c1-23-12-9-20(22)21-10-7-18(8-11-21)15-17-3-5-19(6-4-17)16-25-14-13-24-2/h3-6,18H,7-16H2,1-2H3. The van der Waals surface area contributed by atoms with E-state index < -0.39 is 0 Å². The van der Waals surface area contributed by atoms with E-state index in [1.807, 2.05) is 4.90 Å². The second-order valence-electron chi connectivity index (χ2n) is 6.63. The summed E-state index contributed by atoms with van der Waals surface area (Å²) in [7, 11) is 3.31. The quantitative estimate of drug-likeness (QED) is 0.609. The third kappa shape index (κ3) is 7.14. The van der Waals surface area contributed by atoms with Crippen molar-refractivity contribution in [1.82, 2.24) is 4.90 Å². The van der Waals surface area contributed by atoms with Crippen LogP contribution < -0.4 is 0 Å². The molecule has 0 radical (unpaired) electrons. The van der Waals surface area contributed by atoms with Crippen molar-refractivity contribution in [3.8, 4) is 0 Å². The number of likely N-dealkylation sites (tertiary alicyclic amines) is 1. The van der Waals surface area contributed by atoms with Crippen LogP contribution in [0.15, 0.2) is 24.3 Å². The van der Waals surface area contributed by atoms with Crippen molar-refractivity contribution in [2.24, 2.45) is 5.92 Å². The summed E-state index contributed by atoms with van der Waals surface area (Å²) in [5, 5.41) is 0. The summed E-state index contributed by atoms with van der Waals surface area (Å²) < 4.78 is 15.5. The van der Waals surface area contributed by atoms with Gasteiger partial charge in [-0.05, 0) is 36.3 Å². The Balaban J connectivity index is 1.70. The molecule has 2 rings (SSSR count). The molecular weight excluding hydrogens is 318 g/mol. The fourth-order valence-corrected chi connectivity index (χ4v) is 3.17. The van der Waals surface area contributed by atoms with Gasteiger partial charge in [0.1, 0.15) is 0 Å². The number of carbonyl (C=O) groups excluding carboxylic acids is 1. The predicted molar refractivity (Wildman–Crippen MR) is 97.5 cm³/mol. The Morgan fingerprint density at radius 1 is 1.00 bits per heavy atom. The third-order valence-electron chi connectivity index (χ3n) is 4.74. The van der Waals surface area contributed by atoms with Crippen molar-refractivity contribution in [2.45, 2.75) is 32.3 Å². The lowest BCUT2D eigenvalue weighted by Crippen LogP contribution is -2.39. The van der Waals surface area contributed by atoms with Crippen LogP contribution in [0.4, 0.5) is 0 Å². The Hall–Kier alpha value is -1.43. The normalized spacial score (nSPS) is 15.5. The lowest BCUT2D eigenvalue weighted by Gasteiger charge is -2.32. The van der Waals surface area contributed by atoms with Crippen molar-refractivity contribution in [2.75, 3.05) is 47.1 Å². The maximum absolute atomic E-state index is 12.0. The van der Waals surface area contributed by atoms with E-state index in [-0.39, 0.29) is 5.91 Å². The molecule has 25 heavy (non-hydrogen) atoms. The molecule has 0 saturated carbocycles. The Labute approximate surface area is 151 Å². The van der Waals surface area contributed by atoms with Gasteiger partial charge in [-0.3, -0.25) is 4.79 Å². The number of benzene rings is 1. The van der Waals surface area contributed by atoms with Gasteiger partial charge in [-0.2, -0.15) is 0 Å². The van der Waals surface area contributed by atoms with Crippen molar-refractivity contribution >= 4 is 5.91 Å². The molecule has 5 nitrogen and oxygen atoms in total. The summed E-state index contributed by atoms with van der Waals surface area (Å²) in [5.41, 5.74) is 2.56. The molecule has 1 aliphatic heterocycles. The van der Waals surface area contributed by atoms with Crippen molar-refractivity contribution < 1.29 is 19.0 Å². The molecule has 1 aliphatic rings. The zero-order chi connectivity index (χ0) is 17.9. The number of methoxy groups -OCH3 is 2. The fraction of sp³-hybridized carbons (Fsp3) is 0.650. The first kappa shape index (κ1) is 19.9. The number of hydrogen-bond acceptors (Lipinski definition) is 4. The molecule has 0 aromatic heterocycles. The molecule has 1 saturated heterocycles. The highest BCUT2D eigenvalue weighted by Crippen LogP contribution is 2.22. The number of ether oxygens (including phenoxy) is 3. The van der Waals surface area contributed by atoms with Gasteiger partial charge in [0, 0.05) is 27.3 Å². The smallest absolute Gasteiger partial charge is 0.224 e.